The van der Waals surface area contributed by atoms with Crippen LogP contribution in [0.3, 0.4) is 0 Å². The summed E-state index contributed by atoms with van der Waals surface area (Å²) >= 11 is 0. The van der Waals surface area contributed by atoms with Gasteiger partial charge in [0.25, 0.3) is 0 Å². The van der Waals surface area contributed by atoms with Crippen molar-refractivity contribution in [3.63, 3.8) is 0 Å². The Bertz CT molecular complexity index is 2070. The van der Waals surface area contributed by atoms with Crippen molar-refractivity contribution in [2.45, 2.75) is 12.8 Å². The summed E-state index contributed by atoms with van der Waals surface area (Å²) in [6.07, 6.45) is 6.69. The SMILES string of the molecule is C1=C(c2ccccc2)CCC(n2c3ccccc3c3cc(-c4ccc5[nH]c6ccccc6c5c4)ccc32)=C1. The highest BCUT2D eigenvalue weighted by molar-refractivity contribution is 6.12. The molecule has 0 spiro atoms. The fourth-order valence-corrected chi connectivity index (χ4v) is 6.19. The van der Waals surface area contributed by atoms with Crippen molar-refractivity contribution in [2.24, 2.45) is 0 Å². The molecule has 0 saturated heterocycles. The maximum absolute atomic E-state index is 3.55. The van der Waals surface area contributed by atoms with E-state index in [4.69, 9.17) is 0 Å². The first-order valence-electron chi connectivity index (χ1n) is 13.3. The monoisotopic (exact) mass is 486 g/mol. The van der Waals surface area contributed by atoms with Gasteiger partial charge in [0.05, 0.1) is 11.0 Å². The minimum Gasteiger partial charge on any atom is -0.355 e. The average molecular weight is 487 g/mol. The molecule has 5 aromatic carbocycles. The molecule has 2 aromatic heterocycles. The summed E-state index contributed by atoms with van der Waals surface area (Å²) in [5.74, 6) is 0. The molecule has 0 amide bonds. The maximum Gasteiger partial charge on any atom is 0.0538 e. The van der Waals surface area contributed by atoms with E-state index in [1.807, 2.05) is 0 Å². The lowest BCUT2D eigenvalue weighted by atomic mass is 9.96. The number of fused-ring (bicyclic) bond motifs is 6. The lowest BCUT2D eigenvalue weighted by Gasteiger charge is -2.18. The molecule has 1 aliphatic rings. The number of allylic oxidation sites excluding steroid dienone is 4. The summed E-state index contributed by atoms with van der Waals surface area (Å²) in [4.78, 5) is 3.55. The zero-order chi connectivity index (χ0) is 25.1. The van der Waals surface area contributed by atoms with Gasteiger partial charge in [-0.1, -0.05) is 84.9 Å². The molecule has 0 fully saturated rings. The van der Waals surface area contributed by atoms with Gasteiger partial charge < -0.3 is 9.55 Å². The Balaban J connectivity index is 1.28. The van der Waals surface area contributed by atoms with Crippen LogP contribution in [0.5, 0.6) is 0 Å². The molecule has 0 aliphatic heterocycles. The van der Waals surface area contributed by atoms with Crippen LogP contribution in [0.15, 0.2) is 127 Å². The average Bonchev–Trinajstić information content (AvgIpc) is 3.53. The molecule has 0 unspecified atom stereocenters. The second-order valence-corrected chi connectivity index (χ2v) is 10.2. The second kappa shape index (κ2) is 8.36. The number of rotatable bonds is 3. The molecule has 180 valence electrons. The summed E-state index contributed by atoms with van der Waals surface area (Å²) in [6, 6.07) is 41.8. The van der Waals surface area contributed by atoms with Gasteiger partial charge in [-0.2, -0.15) is 0 Å². The predicted octanol–water partition coefficient (Wildman–Crippen LogP) is 9.81. The summed E-state index contributed by atoms with van der Waals surface area (Å²) in [5, 5.41) is 5.15. The van der Waals surface area contributed by atoms with Gasteiger partial charge in [-0.15, -0.1) is 0 Å². The maximum atomic E-state index is 3.55. The summed E-state index contributed by atoms with van der Waals surface area (Å²) < 4.78 is 2.47. The Morgan fingerprint density at radius 2 is 1.16 bits per heavy atom. The Morgan fingerprint density at radius 3 is 2.00 bits per heavy atom. The lowest BCUT2D eigenvalue weighted by Crippen LogP contribution is -2.01. The number of para-hydroxylation sites is 2. The quantitative estimate of drug-likeness (QED) is 0.257. The number of H-pyrrole nitrogens is 1. The van der Waals surface area contributed by atoms with Gasteiger partial charge in [-0.25, -0.2) is 0 Å². The number of benzene rings is 5. The van der Waals surface area contributed by atoms with Gasteiger partial charge in [0, 0.05) is 38.3 Å². The van der Waals surface area contributed by atoms with E-state index in [2.05, 4.69) is 137 Å². The molecule has 2 heteroatoms. The number of nitrogens with one attached hydrogen (secondary N) is 1. The van der Waals surface area contributed by atoms with Crippen molar-refractivity contribution in [3.8, 4) is 11.1 Å². The van der Waals surface area contributed by atoms with E-state index in [0.29, 0.717) is 0 Å². The number of hydrogen-bond donors (Lipinski definition) is 1. The molecule has 8 rings (SSSR count). The molecule has 0 bridgehead atoms. The van der Waals surface area contributed by atoms with Crippen LogP contribution >= 0.6 is 0 Å². The minimum absolute atomic E-state index is 1.02. The molecule has 2 heterocycles. The van der Waals surface area contributed by atoms with Crippen LogP contribution in [0.1, 0.15) is 18.4 Å². The van der Waals surface area contributed by atoms with Gasteiger partial charge in [0.1, 0.15) is 0 Å². The number of aromatic nitrogens is 2. The standard InChI is InChI=1S/C36H26N2/c1-2-8-24(9-3-1)25-14-18-28(19-15-25)38-35-13-7-5-11-30(35)32-23-27(17-21-36(32)38)26-16-20-34-31(22-26)29-10-4-6-12-33(29)37-34/h1-14,16-18,20-23,37H,15,19H2. The van der Waals surface area contributed by atoms with E-state index < -0.39 is 0 Å². The first-order valence-corrected chi connectivity index (χ1v) is 13.3. The Labute approximate surface area is 221 Å². The molecule has 2 nitrogen and oxygen atoms in total. The van der Waals surface area contributed by atoms with Crippen LogP contribution in [0.25, 0.3) is 66.0 Å². The van der Waals surface area contributed by atoms with Gasteiger partial charge in [-0.3, -0.25) is 0 Å². The van der Waals surface area contributed by atoms with E-state index >= 15 is 0 Å². The van der Waals surface area contributed by atoms with Gasteiger partial charge in [-0.05, 0) is 77.6 Å². The zero-order valence-corrected chi connectivity index (χ0v) is 21.0. The van der Waals surface area contributed by atoms with E-state index in [9.17, 15) is 0 Å². The molecule has 7 aromatic rings. The number of nitrogens with zero attached hydrogens (tertiary/aromatic N) is 1. The number of aromatic amines is 1. The van der Waals surface area contributed by atoms with Crippen LogP contribution in [0.2, 0.25) is 0 Å². The van der Waals surface area contributed by atoms with Crippen molar-refractivity contribution in [3.05, 3.63) is 133 Å². The highest BCUT2D eigenvalue weighted by atomic mass is 15.0. The largest absolute Gasteiger partial charge is 0.355 e. The first kappa shape index (κ1) is 21.3. The smallest absolute Gasteiger partial charge is 0.0538 e. The minimum atomic E-state index is 1.02. The normalized spacial score (nSPS) is 13.9. The van der Waals surface area contributed by atoms with Gasteiger partial charge in [0.15, 0.2) is 0 Å². The summed E-state index contributed by atoms with van der Waals surface area (Å²) in [5.41, 5.74) is 11.5. The third-order valence-corrected chi connectivity index (χ3v) is 8.07. The first-order chi connectivity index (χ1) is 18.8. The summed E-state index contributed by atoms with van der Waals surface area (Å²) in [6.45, 7) is 0. The van der Waals surface area contributed by atoms with E-state index in [1.54, 1.807) is 0 Å². The fourth-order valence-electron chi connectivity index (χ4n) is 6.19. The molecule has 0 radical (unpaired) electrons. The van der Waals surface area contributed by atoms with Crippen molar-refractivity contribution in [1.29, 1.82) is 0 Å². The molecular weight excluding hydrogens is 460 g/mol. The Hall–Kier alpha value is -4.82. The lowest BCUT2D eigenvalue weighted by molar-refractivity contribution is 0.992. The van der Waals surface area contributed by atoms with Crippen molar-refractivity contribution in [2.75, 3.05) is 0 Å². The highest BCUT2D eigenvalue weighted by Gasteiger charge is 2.17. The number of hydrogen-bond acceptors (Lipinski definition) is 0. The van der Waals surface area contributed by atoms with Crippen molar-refractivity contribution < 1.29 is 0 Å². The van der Waals surface area contributed by atoms with Crippen LogP contribution < -0.4 is 0 Å². The van der Waals surface area contributed by atoms with Crippen molar-refractivity contribution >= 4 is 54.9 Å². The molecule has 0 atom stereocenters. The topological polar surface area (TPSA) is 20.7 Å². The predicted molar refractivity (Wildman–Crippen MR) is 162 cm³/mol. The zero-order valence-electron chi connectivity index (χ0n) is 21.0. The molecule has 0 saturated carbocycles. The van der Waals surface area contributed by atoms with Crippen LogP contribution in [-0.4, -0.2) is 9.55 Å². The Morgan fingerprint density at radius 1 is 0.474 bits per heavy atom. The molecule has 1 N–H and O–H groups in total. The third kappa shape index (κ3) is 3.27. The summed E-state index contributed by atoms with van der Waals surface area (Å²) in [7, 11) is 0. The van der Waals surface area contributed by atoms with E-state index in [-0.39, 0.29) is 0 Å². The molecule has 1 aliphatic carbocycles. The van der Waals surface area contributed by atoms with Gasteiger partial charge >= 0.3 is 0 Å². The van der Waals surface area contributed by atoms with E-state index in [1.165, 1.54) is 71.6 Å². The van der Waals surface area contributed by atoms with Crippen LogP contribution in [-0.2, 0) is 0 Å². The van der Waals surface area contributed by atoms with Crippen LogP contribution in [0.4, 0.5) is 0 Å². The Kier molecular flexibility index (Phi) is 4.68. The third-order valence-electron chi connectivity index (χ3n) is 8.07. The molecular formula is C36H26N2. The van der Waals surface area contributed by atoms with Crippen molar-refractivity contribution in [1.82, 2.24) is 9.55 Å². The molecule has 38 heavy (non-hydrogen) atoms. The van der Waals surface area contributed by atoms with E-state index in [0.717, 1.165) is 12.8 Å². The highest BCUT2D eigenvalue weighted by Crippen LogP contribution is 2.38. The fraction of sp³-hybridized carbons (Fsp3) is 0.0556. The van der Waals surface area contributed by atoms with Crippen LogP contribution in [0, 0.1) is 0 Å². The van der Waals surface area contributed by atoms with Gasteiger partial charge in [0.2, 0.25) is 0 Å². The second-order valence-electron chi connectivity index (χ2n) is 10.2.